The maximum Gasteiger partial charge on any atom is 0.386 e. The average molecular weight is 181 g/mol. The number of hydrogen-bond donors (Lipinski definition) is 1. The Morgan fingerprint density at radius 2 is 1.85 bits per heavy atom. The second-order valence-corrected chi connectivity index (χ2v) is 3.29. The number of ether oxygens (including phenoxy) is 1. The second-order valence-electron chi connectivity index (χ2n) is 3.29. The molecule has 0 aromatic heterocycles. The number of rotatable bonds is 1. The summed E-state index contributed by atoms with van der Waals surface area (Å²) in [7, 11) is 0. The summed E-state index contributed by atoms with van der Waals surface area (Å²) in [5.41, 5.74) is 4.90. The van der Waals surface area contributed by atoms with Gasteiger partial charge in [-0.05, 0) is 25.7 Å². The molecule has 0 aliphatic heterocycles. The van der Waals surface area contributed by atoms with E-state index in [9.17, 15) is 4.79 Å². The van der Waals surface area contributed by atoms with E-state index in [1.807, 2.05) is 6.04 Å². The van der Waals surface area contributed by atoms with Crippen LogP contribution >= 0.6 is 0 Å². The topological polar surface area (TPSA) is 52.3 Å². The standard InChI is InChI=1S/C10H15NO2/c11-8-7-10(12)13-9-5-3-1-2-4-6-9/h9H,1-6,11H2. The quantitative estimate of drug-likeness (QED) is 0.286. The Labute approximate surface area is 78.6 Å². The predicted molar refractivity (Wildman–Crippen MR) is 49.5 cm³/mol. The van der Waals surface area contributed by atoms with Crippen molar-refractivity contribution in [3.8, 4) is 12.0 Å². The number of hydrogen-bond acceptors (Lipinski definition) is 3. The van der Waals surface area contributed by atoms with E-state index in [1.54, 1.807) is 0 Å². The predicted octanol–water partition coefficient (Wildman–Crippen LogP) is 1.17. The normalized spacial score (nSPS) is 18.2. The van der Waals surface area contributed by atoms with Gasteiger partial charge in [-0.2, -0.15) is 0 Å². The Hall–Kier alpha value is -1.17. The van der Waals surface area contributed by atoms with Crippen LogP contribution in [0.5, 0.6) is 0 Å². The summed E-state index contributed by atoms with van der Waals surface area (Å²) in [6.07, 6.45) is 6.79. The van der Waals surface area contributed by atoms with Crippen LogP contribution in [0.3, 0.4) is 0 Å². The molecule has 0 spiro atoms. The number of carbonyl (C=O) groups excluding carboxylic acids is 1. The molecule has 2 N–H and O–H groups in total. The van der Waals surface area contributed by atoms with E-state index in [2.05, 4.69) is 5.92 Å². The lowest BCUT2D eigenvalue weighted by atomic mass is 10.1. The zero-order valence-corrected chi connectivity index (χ0v) is 7.71. The third kappa shape index (κ3) is 3.84. The van der Waals surface area contributed by atoms with Gasteiger partial charge in [-0.1, -0.05) is 12.8 Å². The van der Waals surface area contributed by atoms with E-state index >= 15 is 0 Å². The molecule has 0 aromatic rings. The van der Waals surface area contributed by atoms with Crippen LogP contribution in [0.1, 0.15) is 38.5 Å². The zero-order chi connectivity index (χ0) is 9.52. The number of carbonyl (C=O) groups is 1. The molecule has 1 fully saturated rings. The van der Waals surface area contributed by atoms with Gasteiger partial charge in [0.1, 0.15) is 6.10 Å². The fraction of sp³-hybridized carbons (Fsp3) is 0.700. The van der Waals surface area contributed by atoms with Gasteiger partial charge in [0.25, 0.3) is 0 Å². The molecule has 1 saturated carbocycles. The summed E-state index contributed by atoms with van der Waals surface area (Å²) in [4.78, 5) is 10.9. The Morgan fingerprint density at radius 1 is 1.23 bits per heavy atom. The third-order valence-electron chi connectivity index (χ3n) is 2.25. The van der Waals surface area contributed by atoms with Crippen molar-refractivity contribution < 1.29 is 9.53 Å². The minimum absolute atomic E-state index is 0.0656. The lowest BCUT2D eigenvalue weighted by molar-refractivity contribution is -0.142. The molecule has 0 atom stereocenters. The van der Waals surface area contributed by atoms with E-state index in [0.717, 1.165) is 25.7 Å². The van der Waals surface area contributed by atoms with Crippen molar-refractivity contribution in [3.05, 3.63) is 0 Å². The number of nitrogens with two attached hydrogens (primary N) is 1. The molecular formula is C10H15NO2. The van der Waals surface area contributed by atoms with Crippen LogP contribution in [-0.4, -0.2) is 12.1 Å². The van der Waals surface area contributed by atoms with Gasteiger partial charge in [0.2, 0.25) is 0 Å². The van der Waals surface area contributed by atoms with E-state index in [4.69, 9.17) is 10.5 Å². The summed E-state index contributed by atoms with van der Waals surface area (Å²) in [5.74, 6) is 1.69. The highest BCUT2D eigenvalue weighted by Gasteiger charge is 2.15. The SMILES string of the molecule is NC#CC(=O)OC1CCCCCC1. The maximum atomic E-state index is 10.9. The van der Waals surface area contributed by atoms with E-state index in [1.165, 1.54) is 12.8 Å². The zero-order valence-electron chi connectivity index (χ0n) is 7.71. The summed E-state index contributed by atoms with van der Waals surface area (Å²) < 4.78 is 5.12. The van der Waals surface area contributed by atoms with Crippen LogP contribution in [0.15, 0.2) is 0 Å². The number of esters is 1. The van der Waals surface area contributed by atoms with Crippen LogP contribution < -0.4 is 5.73 Å². The first-order chi connectivity index (χ1) is 6.33. The highest BCUT2D eigenvalue weighted by Crippen LogP contribution is 2.19. The smallest absolute Gasteiger partial charge is 0.386 e. The van der Waals surface area contributed by atoms with Gasteiger partial charge in [0.05, 0.1) is 0 Å². The van der Waals surface area contributed by atoms with Crippen molar-refractivity contribution in [1.82, 2.24) is 0 Å². The molecule has 0 unspecified atom stereocenters. The monoisotopic (exact) mass is 181 g/mol. The molecular weight excluding hydrogens is 166 g/mol. The lowest BCUT2D eigenvalue weighted by Crippen LogP contribution is -2.16. The fourth-order valence-electron chi connectivity index (χ4n) is 1.60. The second kappa shape index (κ2) is 5.47. The van der Waals surface area contributed by atoms with Gasteiger partial charge in [-0.15, -0.1) is 0 Å². The molecule has 0 radical (unpaired) electrons. The highest BCUT2D eigenvalue weighted by molar-refractivity contribution is 5.88. The molecule has 3 heteroatoms. The molecule has 13 heavy (non-hydrogen) atoms. The molecule has 0 bridgehead atoms. The lowest BCUT2D eigenvalue weighted by Gasteiger charge is -2.12. The highest BCUT2D eigenvalue weighted by atomic mass is 16.5. The maximum absolute atomic E-state index is 10.9. The molecule has 1 aliphatic carbocycles. The molecule has 0 amide bonds. The summed E-state index contributed by atoms with van der Waals surface area (Å²) in [5, 5.41) is 0. The molecule has 0 saturated heterocycles. The first-order valence-electron chi connectivity index (χ1n) is 4.75. The van der Waals surface area contributed by atoms with Gasteiger partial charge in [0.15, 0.2) is 0 Å². The Kier molecular flexibility index (Phi) is 4.17. The van der Waals surface area contributed by atoms with Crippen molar-refractivity contribution in [2.75, 3.05) is 0 Å². The van der Waals surface area contributed by atoms with Crippen molar-refractivity contribution >= 4 is 5.97 Å². The average Bonchev–Trinajstić information content (AvgIpc) is 2.33. The van der Waals surface area contributed by atoms with Crippen LogP contribution in [0.4, 0.5) is 0 Å². The molecule has 1 rings (SSSR count). The first-order valence-corrected chi connectivity index (χ1v) is 4.75. The minimum atomic E-state index is -0.491. The van der Waals surface area contributed by atoms with Gasteiger partial charge < -0.3 is 10.5 Å². The molecule has 0 aromatic carbocycles. The van der Waals surface area contributed by atoms with Crippen molar-refractivity contribution in [2.45, 2.75) is 44.6 Å². The summed E-state index contributed by atoms with van der Waals surface area (Å²) >= 11 is 0. The van der Waals surface area contributed by atoms with Crippen molar-refractivity contribution in [3.63, 3.8) is 0 Å². The van der Waals surface area contributed by atoms with Crippen LogP contribution in [0, 0.1) is 12.0 Å². The summed E-state index contributed by atoms with van der Waals surface area (Å²) in [6, 6.07) is 2.05. The van der Waals surface area contributed by atoms with E-state index in [-0.39, 0.29) is 6.10 Å². The Morgan fingerprint density at radius 3 is 2.38 bits per heavy atom. The van der Waals surface area contributed by atoms with Crippen LogP contribution in [0.25, 0.3) is 0 Å². The Bertz CT molecular complexity index is 219. The van der Waals surface area contributed by atoms with E-state index < -0.39 is 5.97 Å². The van der Waals surface area contributed by atoms with Crippen molar-refractivity contribution in [1.29, 1.82) is 0 Å². The van der Waals surface area contributed by atoms with Gasteiger partial charge in [-0.25, -0.2) is 4.79 Å². The molecule has 72 valence electrons. The van der Waals surface area contributed by atoms with Gasteiger partial charge >= 0.3 is 5.97 Å². The molecule has 0 heterocycles. The first kappa shape index (κ1) is 9.91. The van der Waals surface area contributed by atoms with Crippen LogP contribution in [-0.2, 0) is 9.53 Å². The minimum Gasteiger partial charge on any atom is -0.453 e. The third-order valence-corrected chi connectivity index (χ3v) is 2.25. The fourth-order valence-corrected chi connectivity index (χ4v) is 1.60. The van der Waals surface area contributed by atoms with Gasteiger partial charge in [-0.3, -0.25) is 0 Å². The van der Waals surface area contributed by atoms with Gasteiger partial charge in [0, 0.05) is 12.0 Å². The molecule has 3 nitrogen and oxygen atoms in total. The van der Waals surface area contributed by atoms with Crippen molar-refractivity contribution in [2.24, 2.45) is 5.73 Å². The van der Waals surface area contributed by atoms with E-state index in [0.29, 0.717) is 0 Å². The molecule has 1 aliphatic rings. The largest absolute Gasteiger partial charge is 0.453 e. The Balaban J connectivity index is 2.32. The summed E-state index contributed by atoms with van der Waals surface area (Å²) in [6.45, 7) is 0. The van der Waals surface area contributed by atoms with Crippen LogP contribution in [0.2, 0.25) is 0 Å².